The molecule has 0 saturated heterocycles. The van der Waals surface area contributed by atoms with Crippen LogP contribution in [-0.4, -0.2) is 41.1 Å². The largest absolute Gasteiger partial charge is 0.481 e. The Bertz CT molecular complexity index is 374. The minimum Gasteiger partial charge on any atom is -0.481 e. The van der Waals surface area contributed by atoms with E-state index in [1.54, 1.807) is 11.9 Å². The van der Waals surface area contributed by atoms with Crippen LogP contribution in [0.1, 0.15) is 65.7 Å². The van der Waals surface area contributed by atoms with Crippen LogP contribution in [0.2, 0.25) is 0 Å². The van der Waals surface area contributed by atoms with Crippen LogP contribution in [0.15, 0.2) is 0 Å². The molecule has 0 aliphatic heterocycles. The number of nitrogens with zero attached hydrogens (tertiary/aromatic N) is 1. The summed E-state index contributed by atoms with van der Waals surface area (Å²) in [5.74, 6) is -0.828. The van der Waals surface area contributed by atoms with Crippen molar-refractivity contribution in [1.29, 1.82) is 0 Å². The summed E-state index contributed by atoms with van der Waals surface area (Å²) in [4.78, 5) is 25.3. The normalized spacial score (nSPS) is 18.1. The third-order valence-corrected chi connectivity index (χ3v) is 4.96. The van der Waals surface area contributed by atoms with Crippen molar-refractivity contribution >= 4 is 12.0 Å². The van der Waals surface area contributed by atoms with E-state index in [1.165, 1.54) is 0 Å². The van der Waals surface area contributed by atoms with Crippen molar-refractivity contribution in [2.24, 2.45) is 5.41 Å². The predicted octanol–water partition coefficient (Wildman–Crippen LogP) is 3.24. The predicted molar refractivity (Wildman–Crippen MR) is 83.3 cm³/mol. The van der Waals surface area contributed by atoms with Crippen LogP contribution in [0.5, 0.6) is 0 Å². The first-order valence-electron chi connectivity index (χ1n) is 7.96. The highest BCUT2D eigenvalue weighted by molar-refractivity contribution is 5.76. The summed E-state index contributed by atoms with van der Waals surface area (Å²) in [5, 5.41) is 12.2. The number of rotatable bonds is 6. The number of aliphatic carboxylic acids is 1. The third kappa shape index (κ3) is 4.90. The SMILES string of the molecule is CCC(C)(C)CNC(=O)N(C)C1(CC(=O)O)CCCCC1. The molecule has 5 nitrogen and oxygen atoms in total. The molecule has 1 aliphatic rings. The minimum atomic E-state index is -0.828. The summed E-state index contributed by atoms with van der Waals surface area (Å²) in [6.45, 7) is 6.93. The Balaban J connectivity index is 2.73. The molecule has 0 aromatic rings. The van der Waals surface area contributed by atoms with Crippen molar-refractivity contribution in [3.63, 3.8) is 0 Å². The number of hydrogen-bond acceptors (Lipinski definition) is 2. The van der Waals surface area contributed by atoms with Crippen molar-refractivity contribution in [3.8, 4) is 0 Å². The topological polar surface area (TPSA) is 69.6 Å². The fraction of sp³-hybridized carbons (Fsp3) is 0.875. The van der Waals surface area contributed by atoms with Gasteiger partial charge in [-0.05, 0) is 24.7 Å². The van der Waals surface area contributed by atoms with Gasteiger partial charge in [0.15, 0.2) is 0 Å². The van der Waals surface area contributed by atoms with E-state index in [1.807, 2.05) is 0 Å². The zero-order valence-electron chi connectivity index (χ0n) is 13.9. The number of carboxylic acid groups (broad SMARTS) is 1. The monoisotopic (exact) mass is 298 g/mol. The van der Waals surface area contributed by atoms with Crippen molar-refractivity contribution in [2.75, 3.05) is 13.6 Å². The highest BCUT2D eigenvalue weighted by atomic mass is 16.4. The van der Waals surface area contributed by atoms with E-state index < -0.39 is 11.5 Å². The summed E-state index contributed by atoms with van der Waals surface area (Å²) in [6, 6.07) is -0.153. The van der Waals surface area contributed by atoms with Gasteiger partial charge in [-0.3, -0.25) is 4.79 Å². The lowest BCUT2D eigenvalue weighted by Gasteiger charge is -2.44. The molecule has 0 heterocycles. The highest BCUT2D eigenvalue weighted by Crippen LogP contribution is 2.36. The molecule has 2 amide bonds. The Morgan fingerprint density at radius 1 is 1.24 bits per heavy atom. The lowest BCUT2D eigenvalue weighted by atomic mass is 9.78. The van der Waals surface area contributed by atoms with Gasteiger partial charge in [0.1, 0.15) is 0 Å². The van der Waals surface area contributed by atoms with Gasteiger partial charge in [-0.1, -0.05) is 40.0 Å². The van der Waals surface area contributed by atoms with Gasteiger partial charge in [0, 0.05) is 13.6 Å². The van der Waals surface area contributed by atoms with Gasteiger partial charge in [-0.2, -0.15) is 0 Å². The molecule has 0 atom stereocenters. The lowest BCUT2D eigenvalue weighted by molar-refractivity contribution is -0.140. The van der Waals surface area contributed by atoms with E-state index in [4.69, 9.17) is 0 Å². The van der Waals surface area contributed by atoms with Gasteiger partial charge in [0.25, 0.3) is 0 Å². The Labute approximate surface area is 128 Å². The van der Waals surface area contributed by atoms with Crippen LogP contribution in [0.3, 0.4) is 0 Å². The maximum absolute atomic E-state index is 12.4. The van der Waals surface area contributed by atoms with Gasteiger partial charge in [-0.25, -0.2) is 4.79 Å². The molecule has 0 radical (unpaired) electrons. The van der Waals surface area contributed by atoms with Gasteiger partial charge in [0.2, 0.25) is 0 Å². The molecule has 1 fully saturated rings. The zero-order valence-corrected chi connectivity index (χ0v) is 13.9. The van der Waals surface area contributed by atoms with E-state index >= 15 is 0 Å². The fourth-order valence-electron chi connectivity index (χ4n) is 2.90. The second kappa shape index (κ2) is 7.14. The smallest absolute Gasteiger partial charge is 0.317 e. The fourth-order valence-corrected chi connectivity index (χ4v) is 2.90. The minimum absolute atomic E-state index is 0.0358. The van der Waals surface area contributed by atoms with Crippen LogP contribution in [0.4, 0.5) is 4.79 Å². The quantitative estimate of drug-likeness (QED) is 0.791. The number of carbonyl (C=O) groups is 2. The van der Waals surface area contributed by atoms with Gasteiger partial charge < -0.3 is 15.3 Å². The standard InChI is InChI=1S/C16H30N2O3/c1-5-15(2,3)12-17-14(21)18(4)16(11-13(19)20)9-7-6-8-10-16/h5-12H2,1-4H3,(H,17,21)(H,19,20). The van der Waals surface area contributed by atoms with E-state index in [0.29, 0.717) is 6.54 Å². The zero-order chi connectivity index (χ0) is 16.1. The van der Waals surface area contributed by atoms with Gasteiger partial charge in [0.05, 0.1) is 12.0 Å². The highest BCUT2D eigenvalue weighted by Gasteiger charge is 2.40. The molecule has 0 bridgehead atoms. The van der Waals surface area contributed by atoms with Gasteiger partial charge in [-0.15, -0.1) is 0 Å². The van der Waals surface area contributed by atoms with Crippen LogP contribution in [0, 0.1) is 5.41 Å². The summed E-state index contributed by atoms with van der Waals surface area (Å²) in [5.41, 5.74) is -0.465. The lowest BCUT2D eigenvalue weighted by Crippen LogP contribution is -2.55. The van der Waals surface area contributed by atoms with Crippen LogP contribution >= 0.6 is 0 Å². The van der Waals surface area contributed by atoms with Crippen LogP contribution in [0.25, 0.3) is 0 Å². The number of carboxylic acids is 1. The molecule has 2 N–H and O–H groups in total. The molecule has 0 unspecified atom stereocenters. The number of urea groups is 1. The Kier molecular flexibility index (Phi) is 6.05. The molecule has 0 aromatic carbocycles. The molecule has 21 heavy (non-hydrogen) atoms. The average Bonchev–Trinajstić information content (AvgIpc) is 2.44. The Morgan fingerprint density at radius 2 is 1.81 bits per heavy atom. The number of nitrogens with one attached hydrogen (secondary N) is 1. The molecular formula is C16H30N2O3. The maximum atomic E-state index is 12.4. The molecule has 0 spiro atoms. The summed E-state index contributed by atoms with van der Waals surface area (Å²) >= 11 is 0. The molecule has 0 aromatic heterocycles. The number of carbonyl (C=O) groups excluding carboxylic acids is 1. The Hall–Kier alpha value is -1.26. The molecule has 5 heteroatoms. The van der Waals surface area contributed by atoms with E-state index in [9.17, 15) is 14.7 Å². The third-order valence-electron chi connectivity index (χ3n) is 4.96. The van der Waals surface area contributed by atoms with Crippen molar-refractivity contribution in [3.05, 3.63) is 0 Å². The van der Waals surface area contributed by atoms with Crippen molar-refractivity contribution in [2.45, 2.75) is 71.3 Å². The second-order valence-corrected chi connectivity index (χ2v) is 7.09. The van der Waals surface area contributed by atoms with Crippen molar-refractivity contribution in [1.82, 2.24) is 10.2 Å². The number of hydrogen-bond donors (Lipinski definition) is 2. The van der Waals surface area contributed by atoms with Gasteiger partial charge >= 0.3 is 12.0 Å². The molecule has 1 aliphatic carbocycles. The summed E-state index contributed by atoms with van der Waals surface area (Å²) in [6.07, 6.45) is 5.68. The molecular weight excluding hydrogens is 268 g/mol. The Morgan fingerprint density at radius 3 is 2.29 bits per heavy atom. The van der Waals surface area contributed by atoms with E-state index in [2.05, 4.69) is 26.1 Å². The first-order valence-corrected chi connectivity index (χ1v) is 7.96. The average molecular weight is 298 g/mol. The molecule has 1 saturated carbocycles. The van der Waals surface area contributed by atoms with Crippen molar-refractivity contribution < 1.29 is 14.7 Å². The molecule has 1 rings (SSSR count). The summed E-state index contributed by atoms with van der Waals surface area (Å²) in [7, 11) is 1.74. The second-order valence-electron chi connectivity index (χ2n) is 7.09. The first-order chi connectivity index (χ1) is 9.72. The number of amides is 2. The van der Waals surface area contributed by atoms with E-state index in [0.717, 1.165) is 38.5 Å². The maximum Gasteiger partial charge on any atom is 0.317 e. The van der Waals surface area contributed by atoms with Crippen LogP contribution < -0.4 is 5.32 Å². The van der Waals surface area contributed by atoms with E-state index in [-0.39, 0.29) is 17.9 Å². The summed E-state index contributed by atoms with van der Waals surface area (Å²) < 4.78 is 0. The van der Waals surface area contributed by atoms with Crippen LogP contribution in [-0.2, 0) is 4.79 Å². The first kappa shape index (κ1) is 17.8. The molecule has 122 valence electrons.